The number of aromatic carboxylic acids is 1. The van der Waals surface area contributed by atoms with Crippen LogP contribution in [0.2, 0.25) is 0 Å². The summed E-state index contributed by atoms with van der Waals surface area (Å²) in [4.78, 5) is 87.1. The molecule has 6 rings (SSSR count). The molecule has 0 bridgehead atoms. The van der Waals surface area contributed by atoms with Crippen molar-refractivity contribution in [2.24, 2.45) is 11.7 Å². The Hall–Kier alpha value is -6.59. The number of carboxylic acids is 1. The van der Waals surface area contributed by atoms with E-state index < -0.39 is 29.6 Å². The molecule has 0 saturated carbocycles. The highest BCUT2D eigenvalue weighted by molar-refractivity contribution is 8.00. The Morgan fingerprint density at radius 2 is 1.55 bits per heavy atom. The van der Waals surface area contributed by atoms with Crippen molar-refractivity contribution in [1.29, 1.82) is 0 Å². The standard InChI is InChI=1S/C52H65N7O13S2/c1-31-24-32-28-74-44(50(32)57-31)6-2-3-7-46(64)54-19-4-22-69-29-71-30-70-23-5-20-55-47(65)17-15-41(62)40(14-16-45(53)63)59-48(66)18-21-56-52(73)58-33-8-11-36(39(25-33)51(67)68)49-37-12-9-34(60)26-42(37)72-43-27-35(61)10-13-38(43)49/h8-13,25-27,32,40,44,50,57,60H,1-7,14-24,28-30H2,(H2,53,63)(H,54,64)(H,55,65)(H,59,66)(H,67,68)(H2,56,58,73)/t32-,40?,44+,50-/m0/s1. The van der Waals surface area contributed by atoms with E-state index in [4.69, 9.17) is 36.6 Å². The molecule has 1 unspecified atom stereocenters. The van der Waals surface area contributed by atoms with E-state index >= 15 is 0 Å². The van der Waals surface area contributed by atoms with Crippen LogP contribution in [0.3, 0.4) is 0 Å². The number of Topliss-reactive ketones (excluding diaryl/α,β-unsaturated/α-hetero) is 1. The minimum atomic E-state index is -1.25. The van der Waals surface area contributed by atoms with Gasteiger partial charge in [0.2, 0.25) is 23.6 Å². The summed E-state index contributed by atoms with van der Waals surface area (Å²) in [5, 5.41) is 39.2. The first kappa shape index (κ1) is 56.7. The van der Waals surface area contributed by atoms with Crippen LogP contribution in [0.15, 0.2) is 76.1 Å². The summed E-state index contributed by atoms with van der Waals surface area (Å²) < 4.78 is 22.1. The van der Waals surface area contributed by atoms with Crippen molar-refractivity contribution < 1.29 is 57.6 Å². The molecular weight excluding hydrogens is 995 g/mol. The van der Waals surface area contributed by atoms with Gasteiger partial charge < -0.3 is 66.5 Å². The molecule has 22 heteroatoms. The van der Waals surface area contributed by atoms with E-state index in [2.05, 4.69) is 38.5 Å². The summed E-state index contributed by atoms with van der Waals surface area (Å²) in [5.41, 5.74) is 7.90. The lowest BCUT2D eigenvalue weighted by Crippen LogP contribution is -2.43. The van der Waals surface area contributed by atoms with Gasteiger partial charge in [0.25, 0.3) is 0 Å². The maximum absolute atomic E-state index is 13.1. The van der Waals surface area contributed by atoms with Gasteiger partial charge in [-0.2, -0.15) is 11.8 Å². The van der Waals surface area contributed by atoms with E-state index in [0.29, 0.717) is 90.5 Å². The molecular formula is C52H65N7O13S2. The molecule has 0 aromatic heterocycles. The van der Waals surface area contributed by atoms with Gasteiger partial charge in [-0.1, -0.05) is 19.1 Å². The molecule has 1 aliphatic carbocycles. The Morgan fingerprint density at radius 3 is 2.28 bits per heavy atom. The SMILES string of the molecule is C=C1C[C@H]2CS[C@H](CCCCC(=O)NCCCOCOCOCCCNC(=O)CCC(=O)C(CCC(N)=O)NC(=O)CCNC(=S)Nc3ccc(-c4c5ccc(=O)cc-5oc5cc(O)ccc45)c(C(=O)O)c3)[C@H]2N1. The summed E-state index contributed by atoms with van der Waals surface area (Å²) in [6.07, 6.45) is 5.07. The van der Waals surface area contributed by atoms with E-state index in [1.165, 1.54) is 36.1 Å². The number of anilines is 1. The molecule has 398 valence electrons. The molecule has 10 N–H and O–H groups in total. The van der Waals surface area contributed by atoms with Crippen LogP contribution in [0.1, 0.15) is 87.4 Å². The zero-order chi connectivity index (χ0) is 53.0. The maximum atomic E-state index is 13.1. The fourth-order valence-corrected chi connectivity index (χ4v) is 10.7. The number of hydrogen-bond acceptors (Lipinski definition) is 15. The molecule has 4 aliphatic rings. The van der Waals surface area contributed by atoms with E-state index in [1.54, 1.807) is 24.3 Å². The van der Waals surface area contributed by atoms with Gasteiger partial charge in [0.05, 0.1) is 24.8 Å². The van der Waals surface area contributed by atoms with Gasteiger partial charge in [-0.05, 0) is 104 Å². The number of aromatic hydroxyl groups is 1. The van der Waals surface area contributed by atoms with Crippen molar-refractivity contribution in [1.82, 2.24) is 26.6 Å². The van der Waals surface area contributed by atoms with Gasteiger partial charge in [-0.15, -0.1) is 0 Å². The Labute approximate surface area is 438 Å². The van der Waals surface area contributed by atoms with Crippen LogP contribution in [0.4, 0.5) is 5.69 Å². The fourth-order valence-electron chi connectivity index (χ4n) is 8.82. The first-order chi connectivity index (χ1) is 35.6. The molecule has 4 amide bonds. The maximum Gasteiger partial charge on any atom is 0.336 e. The number of fused-ring (bicyclic) bond motifs is 3. The minimum absolute atomic E-state index is 0.00177. The number of carbonyl (C=O) groups is 6. The quantitative estimate of drug-likeness (QED) is 0.0140. The van der Waals surface area contributed by atoms with Gasteiger partial charge in [0.1, 0.15) is 30.7 Å². The van der Waals surface area contributed by atoms with Crippen molar-refractivity contribution in [3.05, 3.63) is 82.7 Å². The summed E-state index contributed by atoms with van der Waals surface area (Å²) in [7, 11) is 0. The van der Waals surface area contributed by atoms with Crippen LogP contribution in [0, 0.1) is 5.92 Å². The molecule has 4 atom stereocenters. The highest BCUT2D eigenvalue weighted by atomic mass is 32.2. The number of primary amides is 1. The number of thiocarbonyl (C=S) groups is 1. The number of amides is 4. The van der Waals surface area contributed by atoms with E-state index in [-0.39, 0.29) is 97.2 Å². The van der Waals surface area contributed by atoms with Gasteiger partial charge in [-0.3, -0.25) is 28.8 Å². The number of ketones is 1. The molecule has 0 spiro atoms. The molecule has 2 fully saturated rings. The number of hydrogen-bond donors (Lipinski definition) is 9. The second-order valence-corrected chi connectivity index (χ2v) is 19.8. The third-order valence-corrected chi connectivity index (χ3v) is 14.3. The fraction of sp³-hybridized carbons (Fsp3) is 0.462. The number of unbranched alkanes of at least 4 members (excludes halogenated alkanes) is 1. The number of rotatable bonds is 31. The molecule has 2 aromatic rings. The molecule has 2 saturated heterocycles. The summed E-state index contributed by atoms with van der Waals surface area (Å²) >= 11 is 7.45. The lowest BCUT2D eigenvalue weighted by atomic mass is 9.90. The molecule has 3 heterocycles. The minimum Gasteiger partial charge on any atom is -0.508 e. The second-order valence-electron chi connectivity index (χ2n) is 18.1. The topological polar surface area (TPSA) is 299 Å². The number of phenols is 1. The lowest BCUT2D eigenvalue weighted by molar-refractivity contribution is -0.132. The average Bonchev–Trinajstić information content (AvgIpc) is 3.92. The number of carboxylic acid groups (broad SMARTS) is 1. The van der Waals surface area contributed by atoms with Crippen molar-refractivity contribution in [3.8, 4) is 28.2 Å². The van der Waals surface area contributed by atoms with Crippen molar-refractivity contribution in [2.45, 2.75) is 94.4 Å². The third-order valence-electron chi connectivity index (χ3n) is 12.5. The highest BCUT2D eigenvalue weighted by Crippen LogP contribution is 2.43. The largest absolute Gasteiger partial charge is 0.508 e. The highest BCUT2D eigenvalue weighted by Gasteiger charge is 2.40. The second kappa shape index (κ2) is 28.8. The number of ether oxygens (including phenoxy) is 3. The zero-order valence-electron chi connectivity index (χ0n) is 41.1. The normalized spacial score (nSPS) is 16.3. The smallest absolute Gasteiger partial charge is 0.336 e. The Morgan fingerprint density at radius 1 is 0.824 bits per heavy atom. The Balaban J connectivity index is 0.808. The van der Waals surface area contributed by atoms with Crippen molar-refractivity contribution in [2.75, 3.05) is 57.5 Å². The number of carbonyl (C=O) groups excluding carboxylic acids is 5. The first-order valence-corrected chi connectivity index (χ1v) is 26.2. The van der Waals surface area contributed by atoms with Gasteiger partial charge >= 0.3 is 5.97 Å². The molecule has 74 heavy (non-hydrogen) atoms. The number of nitrogens with two attached hydrogens (primary N) is 1. The van der Waals surface area contributed by atoms with Crippen LogP contribution < -0.4 is 43.1 Å². The van der Waals surface area contributed by atoms with Gasteiger partial charge in [-0.25, -0.2) is 4.79 Å². The van der Waals surface area contributed by atoms with E-state index in [0.717, 1.165) is 31.4 Å². The molecule has 20 nitrogen and oxygen atoms in total. The number of benzene rings is 3. The first-order valence-electron chi connectivity index (χ1n) is 24.7. The monoisotopic (exact) mass is 1060 g/mol. The van der Waals surface area contributed by atoms with Crippen molar-refractivity contribution in [3.63, 3.8) is 0 Å². The summed E-state index contributed by atoms with van der Waals surface area (Å²) in [6, 6.07) is 12.6. The number of phenolic OH excluding ortho intramolecular Hbond substituents is 1. The number of allylic oxidation sites excluding steroid dienone is 1. The summed E-state index contributed by atoms with van der Waals surface area (Å²) in [5.74, 6) is -1.19. The molecule has 2 aromatic carbocycles. The predicted molar refractivity (Wildman–Crippen MR) is 283 cm³/mol. The van der Waals surface area contributed by atoms with Crippen molar-refractivity contribution >= 4 is 81.1 Å². The molecule has 0 radical (unpaired) electrons. The zero-order valence-corrected chi connectivity index (χ0v) is 42.8. The van der Waals surface area contributed by atoms with Crippen LogP contribution >= 0.6 is 24.0 Å². The van der Waals surface area contributed by atoms with E-state index in [9.17, 15) is 43.8 Å². The number of nitrogens with one attached hydrogen (secondary N) is 6. The average molecular weight is 1060 g/mol. The van der Waals surface area contributed by atoms with Crippen LogP contribution in [-0.4, -0.2) is 120 Å². The molecule has 3 aliphatic heterocycles. The Kier molecular flexibility index (Phi) is 22.0. The van der Waals surface area contributed by atoms with Crippen LogP contribution in [-0.2, 0) is 38.2 Å². The van der Waals surface area contributed by atoms with Gasteiger partial charge in [0, 0.05) is 103 Å². The third kappa shape index (κ3) is 17.5. The number of thioether (sulfide) groups is 1. The van der Waals surface area contributed by atoms with Crippen LogP contribution in [0.5, 0.6) is 5.75 Å². The summed E-state index contributed by atoms with van der Waals surface area (Å²) in [6.45, 7) is 5.67. The Bertz CT molecular complexity index is 2680. The van der Waals surface area contributed by atoms with Crippen LogP contribution in [0.25, 0.3) is 33.4 Å². The predicted octanol–water partition coefficient (Wildman–Crippen LogP) is 4.89. The van der Waals surface area contributed by atoms with Gasteiger partial charge in [0.15, 0.2) is 16.3 Å². The van der Waals surface area contributed by atoms with E-state index in [1.807, 2.05) is 11.8 Å². The lowest BCUT2D eigenvalue weighted by Gasteiger charge is -2.18.